The van der Waals surface area contributed by atoms with Gasteiger partial charge in [-0.2, -0.15) is 4.31 Å². The summed E-state index contributed by atoms with van der Waals surface area (Å²) in [7, 11) is -3.50. The number of aryl methyl sites for hydroxylation is 1. The van der Waals surface area contributed by atoms with Crippen LogP contribution in [0.1, 0.15) is 31.7 Å². The number of rotatable bonds is 5. The zero-order valence-electron chi connectivity index (χ0n) is 14.5. The predicted molar refractivity (Wildman–Crippen MR) is 99.2 cm³/mol. The van der Waals surface area contributed by atoms with E-state index in [0.29, 0.717) is 31.1 Å². The highest BCUT2D eigenvalue weighted by atomic mass is 35.5. The van der Waals surface area contributed by atoms with Gasteiger partial charge in [0.15, 0.2) is 0 Å². The van der Waals surface area contributed by atoms with Crippen LogP contribution in [-0.2, 0) is 21.2 Å². The largest absolute Gasteiger partial charge is 0.338 e. The van der Waals surface area contributed by atoms with Crippen molar-refractivity contribution in [3.8, 4) is 0 Å². The molecule has 0 radical (unpaired) electrons. The van der Waals surface area contributed by atoms with Crippen LogP contribution in [0.25, 0.3) is 0 Å². The summed E-state index contributed by atoms with van der Waals surface area (Å²) in [6.07, 6.45) is 3.44. The number of carbonyl (C=O) groups is 1. The molecular weight excluding hydrogens is 362 g/mol. The van der Waals surface area contributed by atoms with E-state index < -0.39 is 15.6 Å². The second-order valence-corrected chi connectivity index (χ2v) is 8.68. The Kier molecular flexibility index (Phi) is 6.14. The zero-order valence-corrected chi connectivity index (χ0v) is 16.1. The van der Waals surface area contributed by atoms with Crippen molar-refractivity contribution < 1.29 is 13.2 Å². The number of halogens is 1. The average molecular weight is 388 g/mol. The van der Waals surface area contributed by atoms with E-state index in [1.807, 2.05) is 12.1 Å². The molecule has 1 aliphatic heterocycles. The van der Waals surface area contributed by atoms with E-state index >= 15 is 0 Å². The van der Waals surface area contributed by atoms with Crippen LogP contribution >= 0.6 is 12.4 Å². The maximum atomic E-state index is 12.7. The van der Waals surface area contributed by atoms with Crippen molar-refractivity contribution in [1.29, 1.82) is 0 Å². The number of benzene rings is 1. The van der Waals surface area contributed by atoms with Crippen LogP contribution < -0.4 is 5.73 Å². The second kappa shape index (κ2) is 7.61. The van der Waals surface area contributed by atoms with Crippen LogP contribution in [-0.4, -0.2) is 55.2 Å². The summed E-state index contributed by atoms with van der Waals surface area (Å²) in [4.78, 5) is 14.3. The summed E-state index contributed by atoms with van der Waals surface area (Å²) in [5, 5.41) is 0. The van der Waals surface area contributed by atoms with Crippen LogP contribution in [0.15, 0.2) is 29.2 Å². The van der Waals surface area contributed by atoms with Crippen molar-refractivity contribution in [2.45, 2.75) is 43.0 Å². The molecule has 6 nitrogen and oxygen atoms in total. The van der Waals surface area contributed by atoms with Gasteiger partial charge in [0.05, 0.1) is 10.4 Å². The second-order valence-electron chi connectivity index (χ2n) is 6.75. The van der Waals surface area contributed by atoms with Crippen molar-refractivity contribution in [2.24, 2.45) is 5.73 Å². The minimum Gasteiger partial charge on any atom is -0.338 e. The Hall–Kier alpha value is -1.15. The van der Waals surface area contributed by atoms with Gasteiger partial charge < -0.3 is 10.6 Å². The standard InChI is InChI=1S/C17H25N3O3S.ClH/c1-2-3-14-4-6-15(7-5-14)24(22,23)20-12-10-19(11-13-20)16(21)17(18)8-9-17;/h4-7H,2-3,8-13,18H2,1H3;1H. The smallest absolute Gasteiger partial charge is 0.243 e. The number of nitrogens with two attached hydrogens (primary N) is 1. The highest BCUT2D eigenvalue weighted by Gasteiger charge is 2.48. The summed E-state index contributed by atoms with van der Waals surface area (Å²) in [6, 6.07) is 7.11. The van der Waals surface area contributed by atoms with Gasteiger partial charge in [-0.3, -0.25) is 4.79 Å². The first-order valence-corrected chi connectivity index (χ1v) is 9.98. The quantitative estimate of drug-likeness (QED) is 0.827. The number of amides is 1. The molecule has 0 spiro atoms. The third kappa shape index (κ3) is 4.16. The summed E-state index contributed by atoms with van der Waals surface area (Å²) >= 11 is 0. The Morgan fingerprint density at radius 1 is 1.12 bits per heavy atom. The molecule has 0 atom stereocenters. The monoisotopic (exact) mass is 387 g/mol. The normalized spacial score (nSPS) is 20.0. The Morgan fingerprint density at radius 3 is 2.16 bits per heavy atom. The van der Waals surface area contributed by atoms with Gasteiger partial charge in [-0.25, -0.2) is 8.42 Å². The predicted octanol–water partition coefficient (Wildman–Crippen LogP) is 1.39. The molecule has 0 bridgehead atoms. The number of piperazine rings is 1. The summed E-state index contributed by atoms with van der Waals surface area (Å²) in [5.74, 6) is -0.0385. The molecule has 2 N–H and O–H groups in total. The third-order valence-electron chi connectivity index (χ3n) is 4.84. The van der Waals surface area contributed by atoms with Gasteiger partial charge in [-0.15, -0.1) is 12.4 Å². The number of hydrogen-bond acceptors (Lipinski definition) is 4. The molecule has 3 rings (SSSR count). The Balaban J connectivity index is 0.00000225. The van der Waals surface area contributed by atoms with Crippen LogP contribution in [0.2, 0.25) is 0 Å². The first-order chi connectivity index (χ1) is 11.4. The molecule has 1 heterocycles. The third-order valence-corrected chi connectivity index (χ3v) is 6.75. The fourth-order valence-electron chi connectivity index (χ4n) is 3.06. The van der Waals surface area contributed by atoms with Crippen LogP contribution in [0.4, 0.5) is 0 Å². The molecule has 1 aromatic carbocycles. The van der Waals surface area contributed by atoms with Gasteiger partial charge in [-0.1, -0.05) is 25.5 Å². The van der Waals surface area contributed by atoms with Crippen LogP contribution in [0.3, 0.4) is 0 Å². The van der Waals surface area contributed by atoms with Crippen LogP contribution in [0.5, 0.6) is 0 Å². The summed E-state index contributed by atoms with van der Waals surface area (Å²) in [6.45, 7) is 3.55. The van der Waals surface area contributed by atoms with Gasteiger partial charge in [0.2, 0.25) is 15.9 Å². The van der Waals surface area contributed by atoms with E-state index in [1.54, 1.807) is 17.0 Å². The average Bonchev–Trinajstić information content (AvgIpc) is 3.34. The zero-order chi connectivity index (χ0) is 17.4. The molecule has 140 valence electrons. The fraction of sp³-hybridized carbons (Fsp3) is 0.588. The lowest BCUT2D eigenvalue weighted by Gasteiger charge is -2.35. The Morgan fingerprint density at radius 2 is 1.68 bits per heavy atom. The van der Waals surface area contributed by atoms with Gasteiger partial charge in [0.25, 0.3) is 0 Å². The molecule has 1 amide bonds. The number of sulfonamides is 1. The Bertz CT molecular complexity index is 709. The number of hydrogen-bond donors (Lipinski definition) is 1. The molecule has 0 aromatic heterocycles. The van der Waals surface area contributed by atoms with Crippen molar-refractivity contribution in [3.05, 3.63) is 29.8 Å². The number of carbonyl (C=O) groups excluding carboxylic acids is 1. The summed E-state index contributed by atoms with van der Waals surface area (Å²) < 4.78 is 26.9. The minimum absolute atomic E-state index is 0. The van der Waals surface area contributed by atoms with E-state index in [4.69, 9.17) is 5.73 Å². The van der Waals surface area contributed by atoms with E-state index in [-0.39, 0.29) is 18.3 Å². The van der Waals surface area contributed by atoms with Crippen LogP contribution in [0, 0.1) is 0 Å². The highest BCUT2D eigenvalue weighted by Crippen LogP contribution is 2.34. The molecule has 2 fully saturated rings. The number of nitrogens with zero attached hydrogens (tertiary/aromatic N) is 2. The van der Waals surface area contributed by atoms with E-state index in [9.17, 15) is 13.2 Å². The van der Waals surface area contributed by atoms with Crippen molar-refractivity contribution in [2.75, 3.05) is 26.2 Å². The Labute approximate surface area is 155 Å². The maximum Gasteiger partial charge on any atom is 0.243 e. The molecule has 1 saturated heterocycles. The van der Waals surface area contributed by atoms with Crippen molar-refractivity contribution >= 4 is 28.3 Å². The van der Waals surface area contributed by atoms with Crippen molar-refractivity contribution in [3.63, 3.8) is 0 Å². The van der Waals surface area contributed by atoms with E-state index in [2.05, 4.69) is 6.92 Å². The lowest BCUT2D eigenvalue weighted by molar-refractivity contribution is -0.134. The van der Waals surface area contributed by atoms with Crippen molar-refractivity contribution in [1.82, 2.24) is 9.21 Å². The first kappa shape index (κ1) is 20.2. The molecule has 1 aromatic rings. The molecular formula is C17H26ClN3O3S. The lowest BCUT2D eigenvalue weighted by Crippen LogP contribution is -2.55. The minimum atomic E-state index is -3.50. The van der Waals surface area contributed by atoms with Gasteiger partial charge in [-0.05, 0) is 37.0 Å². The molecule has 0 unspecified atom stereocenters. The molecule has 8 heteroatoms. The van der Waals surface area contributed by atoms with Gasteiger partial charge in [0, 0.05) is 26.2 Å². The lowest BCUT2D eigenvalue weighted by atomic mass is 10.1. The highest BCUT2D eigenvalue weighted by molar-refractivity contribution is 7.89. The topological polar surface area (TPSA) is 83.7 Å². The fourth-order valence-corrected chi connectivity index (χ4v) is 4.48. The van der Waals surface area contributed by atoms with Gasteiger partial charge in [0.1, 0.15) is 0 Å². The summed E-state index contributed by atoms with van der Waals surface area (Å²) in [5.41, 5.74) is 6.41. The maximum absolute atomic E-state index is 12.7. The van der Waals surface area contributed by atoms with E-state index in [1.165, 1.54) is 4.31 Å². The molecule has 2 aliphatic rings. The van der Waals surface area contributed by atoms with E-state index in [0.717, 1.165) is 31.2 Å². The molecule has 1 aliphatic carbocycles. The first-order valence-electron chi connectivity index (χ1n) is 8.54. The SMILES string of the molecule is CCCc1ccc(S(=O)(=O)N2CCN(C(=O)C3(N)CC3)CC2)cc1.Cl. The van der Waals surface area contributed by atoms with Gasteiger partial charge >= 0.3 is 0 Å². The molecule has 25 heavy (non-hydrogen) atoms. The molecule has 1 saturated carbocycles.